The Morgan fingerprint density at radius 1 is 1.20 bits per heavy atom. The number of aromatic amines is 1. The molecular formula is C19H17N3O3. The first-order valence-electron chi connectivity index (χ1n) is 8.02. The van der Waals surface area contributed by atoms with Gasteiger partial charge in [0.25, 0.3) is 11.8 Å². The second-order valence-corrected chi connectivity index (χ2v) is 6.14. The van der Waals surface area contributed by atoms with Crippen LogP contribution in [0.2, 0.25) is 0 Å². The minimum absolute atomic E-state index is 0.224. The van der Waals surface area contributed by atoms with E-state index in [0.717, 1.165) is 16.6 Å². The largest absolute Gasteiger partial charge is 0.478 e. The van der Waals surface area contributed by atoms with Crippen molar-refractivity contribution in [3.63, 3.8) is 0 Å². The van der Waals surface area contributed by atoms with Crippen molar-refractivity contribution < 1.29 is 14.3 Å². The Kier molecular flexibility index (Phi) is 3.46. The number of anilines is 2. The zero-order chi connectivity index (χ0) is 17.6. The van der Waals surface area contributed by atoms with Crippen molar-refractivity contribution in [3.8, 4) is 5.75 Å². The van der Waals surface area contributed by atoms with Crippen LogP contribution in [-0.4, -0.2) is 22.9 Å². The number of para-hydroxylation sites is 1. The van der Waals surface area contributed by atoms with Crippen LogP contribution in [0.3, 0.4) is 0 Å². The van der Waals surface area contributed by atoms with Gasteiger partial charge in [-0.05, 0) is 50.2 Å². The van der Waals surface area contributed by atoms with Gasteiger partial charge in [-0.1, -0.05) is 6.07 Å². The summed E-state index contributed by atoms with van der Waals surface area (Å²) in [6, 6.07) is 12.8. The van der Waals surface area contributed by atoms with E-state index in [1.54, 1.807) is 25.1 Å². The van der Waals surface area contributed by atoms with Gasteiger partial charge in [0, 0.05) is 22.3 Å². The fraction of sp³-hybridized carbons (Fsp3) is 0.158. The predicted molar refractivity (Wildman–Crippen MR) is 96.2 cm³/mol. The Balaban J connectivity index is 1.64. The van der Waals surface area contributed by atoms with E-state index >= 15 is 0 Å². The third-order valence-corrected chi connectivity index (χ3v) is 4.19. The third kappa shape index (κ3) is 2.71. The van der Waals surface area contributed by atoms with Gasteiger partial charge in [0.15, 0.2) is 11.9 Å². The molecule has 25 heavy (non-hydrogen) atoms. The summed E-state index contributed by atoms with van der Waals surface area (Å²) in [5.41, 5.74) is 3.67. The van der Waals surface area contributed by atoms with Gasteiger partial charge in [-0.2, -0.15) is 0 Å². The maximum Gasteiger partial charge on any atom is 0.265 e. The predicted octanol–water partition coefficient (Wildman–Crippen LogP) is 3.45. The van der Waals surface area contributed by atoms with Crippen molar-refractivity contribution in [2.75, 3.05) is 10.6 Å². The van der Waals surface area contributed by atoms with Crippen molar-refractivity contribution >= 4 is 34.1 Å². The second-order valence-electron chi connectivity index (χ2n) is 6.14. The van der Waals surface area contributed by atoms with Crippen molar-refractivity contribution in [1.82, 2.24) is 4.98 Å². The topological polar surface area (TPSA) is 83.2 Å². The standard InChI is InChI=1S/C19H17N3O3/c1-10-8-12-9-13(6-7-15(12)20-10)21-19(24)14-4-3-5-16-17(14)25-11(2)18(23)22-16/h3-9,11,20H,1-2H3,(H,21,24)(H,22,23)/t11-/m1/s1. The van der Waals surface area contributed by atoms with E-state index in [-0.39, 0.29) is 11.8 Å². The van der Waals surface area contributed by atoms with E-state index < -0.39 is 6.10 Å². The minimum atomic E-state index is -0.638. The monoisotopic (exact) mass is 335 g/mol. The molecular weight excluding hydrogens is 318 g/mol. The highest BCUT2D eigenvalue weighted by Gasteiger charge is 2.27. The molecule has 3 aromatic rings. The highest BCUT2D eigenvalue weighted by atomic mass is 16.5. The summed E-state index contributed by atoms with van der Waals surface area (Å²) in [6.07, 6.45) is -0.638. The molecule has 1 atom stereocenters. The summed E-state index contributed by atoms with van der Waals surface area (Å²) in [6.45, 7) is 3.64. The van der Waals surface area contributed by atoms with Gasteiger partial charge >= 0.3 is 0 Å². The van der Waals surface area contributed by atoms with Crippen LogP contribution in [0.4, 0.5) is 11.4 Å². The zero-order valence-electron chi connectivity index (χ0n) is 13.8. The number of aryl methyl sites for hydroxylation is 1. The van der Waals surface area contributed by atoms with E-state index in [4.69, 9.17) is 4.74 Å². The summed E-state index contributed by atoms with van der Waals surface area (Å²) in [5, 5.41) is 6.67. The van der Waals surface area contributed by atoms with Gasteiger partial charge in [-0.3, -0.25) is 9.59 Å². The molecule has 1 aromatic heterocycles. The lowest BCUT2D eigenvalue weighted by Gasteiger charge is -2.25. The number of carbonyl (C=O) groups excluding carboxylic acids is 2. The van der Waals surface area contributed by atoms with Gasteiger partial charge in [0.05, 0.1) is 11.3 Å². The number of H-pyrrole nitrogens is 1. The average molecular weight is 335 g/mol. The molecule has 2 amide bonds. The maximum atomic E-state index is 12.7. The van der Waals surface area contributed by atoms with Crippen LogP contribution < -0.4 is 15.4 Å². The summed E-state index contributed by atoms with van der Waals surface area (Å²) in [7, 11) is 0. The summed E-state index contributed by atoms with van der Waals surface area (Å²) in [5.74, 6) is -0.115. The van der Waals surface area contributed by atoms with Crippen molar-refractivity contribution in [3.05, 3.63) is 53.7 Å². The Hall–Kier alpha value is -3.28. The van der Waals surface area contributed by atoms with E-state index in [1.807, 2.05) is 31.2 Å². The first-order valence-corrected chi connectivity index (χ1v) is 8.02. The van der Waals surface area contributed by atoms with Crippen LogP contribution in [0.25, 0.3) is 10.9 Å². The molecule has 1 aliphatic heterocycles. The molecule has 0 aliphatic carbocycles. The van der Waals surface area contributed by atoms with E-state index in [2.05, 4.69) is 15.6 Å². The van der Waals surface area contributed by atoms with Crippen molar-refractivity contribution in [2.24, 2.45) is 0 Å². The van der Waals surface area contributed by atoms with Gasteiger partial charge in [0.1, 0.15) is 0 Å². The Morgan fingerprint density at radius 2 is 2.04 bits per heavy atom. The van der Waals surface area contributed by atoms with Crippen LogP contribution >= 0.6 is 0 Å². The molecule has 2 heterocycles. The van der Waals surface area contributed by atoms with Gasteiger partial charge < -0.3 is 20.4 Å². The maximum absolute atomic E-state index is 12.7. The van der Waals surface area contributed by atoms with Crippen LogP contribution in [0.5, 0.6) is 5.75 Å². The average Bonchev–Trinajstić information content (AvgIpc) is 2.94. The fourth-order valence-corrected chi connectivity index (χ4v) is 2.96. The van der Waals surface area contributed by atoms with Crippen LogP contribution in [0.1, 0.15) is 23.0 Å². The molecule has 6 heteroatoms. The van der Waals surface area contributed by atoms with Gasteiger partial charge in [-0.15, -0.1) is 0 Å². The molecule has 0 spiro atoms. The van der Waals surface area contributed by atoms with Crippen molar-refractivity contribution in [1.29, 1.82) is 0 Å². The lowest BCUT2D eigenvalue weighted by atomic mass is 10.1. The lowest BCUT2D eigenvalue weighted by molar-refractivity contribution is -0.122. The number of nitrogens with one attached hydrogen (secondary N) is 3. The number of benzene rings is 2. The molecule has 4 rings (SSSR count). The third-order valence-electron chi connectivity index (χ3n) is 4.19. The van der Waals surface area contributed by atoms with Crippen molar-refractivity contribution in [2.45, 2.75) is 20.0 Å². The zero-order valence-corrected chi connectivity index (χ0v) is 13.8. The van der Waals surface area contributed by atoms with E-state index in [1.165, 1.54) is 0 Å². The second kappa shape index (κ2) is 5.66. The smallest absolute Gasteiger partial charge is 0.265 e. The molecule has 2 aromatic carbocycles. The number of carbonyl (C=O) groups is 2. The van der Waals surface area contributed by atoms with E-state index in [9.17, 15) is 9.59 Å². The molecule has 0 saturated carbocycles. The highest BCUT2D eigenvalue weighted by Crippen LogP contribution is 2.33. The number of hydrogen-bond donors (Lipinski definition) is 3. The SMILES string of the molecule is Cc1cc2cc(NC(=O)c3cccc4c3O[C@H](C)C(=O)N4)ccc2[nH]1. The molecule has 3 N–H and O–H groups in total. The fourth-order valence-electron chi connectivity index (χ4n) is 2.96. The number of rotatable bonds is 2. The molecule has 6 nitrogen and oxygen atoms in total. The Bertz CT molecular complexity index is 1010. The number of amides is 2. The number of fused-ring (bicyclic) bond motifs is 2. The molecule has 1 aliphatic rings. The quantitative estimate of drug-likeness (QED) is 0.671. The Morgan fingerprint density at radius 3 is 2.88 bits per heavy atom. The number of ether oxygens (including phenoxy) is 1. The summed E-state index contributed by atoms with van der Waals surface area (Å²) < 4.78 is 5.63. The number of aromatic nitrogens is 1. The van der Waals surface area contributed by atoms with E-state index in [0.29, 0.717) is 22.7 Å². The normalized spacial score (nSPS) is 16.1. The number of hydrogen-bond acceptors (Lipinski definition) is 3. The first-order chi connectivity index (χ1) is 12.0. The Labute approximate surface area is 144 Å². The molecule has 0 fully saturated rings. The molecule has 0 radical (unpaired) electrons. The summed E-state index contributed by atoms with van der Waals surface area (Å²) in [4.78, 5) is 27.7. The first kappa shape index (κ1) is 15.3. The highest BCUT2D eigenvalue weighted by molar-refractivity contribution is 6.09. The lowest BCUT2D eigenvalue weighted by Crippen LogP contribution is -2.35. The molecule has 0 saturated heterocycles. The summed E-state index contributed by atoms with van der Waals surface area (Å²) >= 11 is 0. The molecule has 0 bridgehead atoms. The molecule has 126 valence electrons. The molecule has 0 unspecified atom stereocenters. The van der Waals surface area contributed by atoms with Gasteiger partial charge in [-0.25, -0.2) is 0 Å². The minimum Gasteiger partial charge on any atom is -0.478 e. The van der Waals surface area contributed by atoms with Crippen LogP contribution in [0, 0.1) is 6.92 Å². The van der Waals surface area contributed by atoms with Crippen LogP contribution in [0.15, 0.2) is 42.5 Å². The van der Waals surface area contributed by atoms with Crippen LogP contribution in [-0.2, 0) is 4.79 Å². The van der Waals surface area contributed by atoms with Gasteiger partial charge in [0.2, 0.25) is 0 Å².